The average molecular weight is 295 g/mol. The molecule has 0 spiro atoms. The van der Waals surface area contributed by atoms with Crippen LogP contribution < -0.4 is 4.74 Å². The summed E-state index contributed by atoms with van der Waals surface area (Å²) < 4.78 is 8.15. The standard InChI is InChI=1S/C19H21NO2/c1-13(2)20-16(10-15-9-14(3)7-8-19(15)20)12-22-18-6-4-5-17(21)11-18/h4-11,13,21H,12H2,1-3H3. The molecular formula is C19H21NO2. The fourth-order valence-electron chi connectivity index (χ4n) is 2.86. The third kappa shape index (κ3) is 2.80. The van der Waals surface area contributed by atoms with Crippen LogP contribution in [-0.2, 0) is 6.61 Å². The molecule has 1 N–H and O–H groups in total. The molecule has 0 fully saturated rings. The number of phenolic OH excluding ortho intramolecular Hbond substituents is 1. The first-order chi connectivity index (χ1) is 10.5. The molecule has 3 rings (SSSR count). The monoisotopic (exact) mass is 295 g/mol. The van der Waals surface area contributed by atoms with Gasteiger partial charge in [0.2, 0.25) is 0 Å². The molecule has 0 atom stereocenters. The largest absolute Gasteiger partial charge is 0.508 e. The number of benzene rings is 2. The van der Waals surface area contributed by atoms with E-state index in [9.17, 15) is 5.11 Å². The Morgan fingerprint density at radius 1 is 1.09 bits per heavy atom. The Balaban J connectivity index is 1.94. The molecule has 0 aliphatic rings. The zero-order valence-electron chi connectivity index (χ0n) is 13.2. The minimum atomic E-state index is 0.220. The first kappa shape index (κ1) is 14.5. The molecule has 0 saturated heterocycles. The fraction of sp³-hybridized carbons (Fsp3) is 0.263. The Morgan fingerprint density at radius 3 is 2.64 bits per heavy atom. The van der Waals surface area contributed by atoms with Gasteiger partial charge >= 0.3 is 0 Å². The van der Waals surface area contributed by atoms with Gasteiger partial charge in [0, 0.05) is 23.0 Å². The van der Waals surface area contributed by atoms with E-state index >= 15 is 0 Å². The first-order valence-electron chi connectivity index (χ1n) is 7.57. The second-order valence-corrected chi connectivity index (χ2v) is 5.95. The lowest BCUT2D eigenvalue weighted by Crippen LogP contribution is -2.08. The van der Waals surface area contributed by atoms with E-state index in [0.29, 0.717) is 18.4 Å². The van der Waals surface area contributed by atoms with Crippen molar-refractivity contribution in [3.63, 3.8) is 0 Å². The Labute approximate surface area is 130 Å². The molecule has 0 saturated carbocycles. The molecule has 0 unspecified atom stereocenters. The smallest absolute Gasteiger partial charge is 0.128 e. The van der Waals surface area contributed by atoms with Crippen LogP contribution in [0.1, 0.15) is 31.1 Å². The van der Waals surface area contributed by atoms with Crippen molar-refractivity contribution in [1.82, 2.24) is 4.57 Å². The summed E-state index contributed by atoms with van der Waals surface area (Å²) in [4.78, 5) is 0. The number of hydrogen-bond donors (Lipinski definition) is 1. The van der Waals surface area contributed by atoms with E-state index in [2.05, 4.69) is 49.6 Å². The van der Waals surface area contributed by atoms with Gasteiger partial charge < -0.3 is 14.4 Å². The maximum atomic E-state index is 9.51. The lowest BCUT2D eigenvalue weighted by atomic mass is 10.2. The van der Waals surface area contributed by atoms with E-state index in [-0.39, 0.29) is 5.75 Å². The number of aryl methyl sites for hydroxylation is 1. The van der Waals surface area contributed by atoms with Crippen LogP contribution in [-0.4, -0.2) is 9.67 Å². The maximum absolute atomic E-state index is 9.51. The highest BCUT2D eigenvalue weighted by Gasteiger charge is 2.12. The number of rotatable bonds is 4. The summed E-state index contributed by atoms with van der Waals surface area (Å²) in [7, 11) is 0. The van der Waals surface area contributed by atoms with Gasteiger partial charge in [0.25, 0.3) is 0 Å². The van der Waals surface area contributed by atoms with Crippen molar-refractivity contribution in [3.05, 3.63) is 59.8 Å². The van der Waals surface area contributed by atoms with Crippen molar-refractivity contribution in [2.75, 3.05) is 0 Å². The minimum absolute atomic E-state index is 0.220. The van der Waals surface area contributed by atoms with Crippen molar-refractivity contribution >= 4 is 10.9 Å². The van der Waals surface area contributed by atoms with Crippen LogP contribution in [0.4, 0.5) is 0 Å². The third-order valence-electron chi connectivity index (χ3n) is 3.79. The molecule has 0 radical (unpaired) electrons. The highest BCUT2D eigenvalue weighted by atomic mass is 16.5. The molecule has 3 aromatic rings. The third-order valence-corrected chi connectivity index (χ3v) is 3.79. The molecule has 114 valence electrons. The summed E-state index contributed by atoms with van der Waals surface area (Å²) in [5.41, 5.74) is 3.63. The van der Waals surface area contributed by atoms with E-state index in [0.717, 1.165) is 5.69 Å². The average Bonchev–Trinajstić information content (AvgIpc) is 2.82. The quantitative estimate of drug-likeness (QED) is 0.749. The van der Waals surface area contributed by atoms with Gasteiger partial charge in [-0.25, -0.2) is 0 Å². The Hall–Kier alpha value is -2.42. The van der Waals surface area contributed by atoms with Gasteiger partial charge in [-0.1, -0.05) is 17.7 Å². The van der Waals surface area contributed by atoms with Crippen LogP contribution in [0.2, 0.25) is 0 Å². The molecule has 0 amide bonds. The van der Waals surface area contributed by atoms with Gasteiger partial charge in [0.05, 0.1) is 5.69 Å². The van der Waals surface area contributed by atoms with Crippen molar-refractivity contribution in [2.45, 2.75) is 33.4 Å². The lowest BCUT2D eigenvalue weighted by Gasteiger charge is -2.15. The van der Waals surface area contributed by atoms with Crippen LogP contribution in [0, 0.1) is 6.92 Å². The summed E-state index contributed by atoms with van der Waals surface area (Å²) in [6.07, 6.45) is 0. The molecule has 1 aromatic heterocycles. The summed E-state index contributed by atoms with van der Waals surface area (Å²) in [5.74, 6) is 0.897. The first-order valence-corrected chi connectivity index (χ1v) is 7.57. The molecular weight excluding hydrogens is 274 g/mol. The Morgan fingerprint density at radius 2 is 1.91 bits per heavy atom. The van der Waals surface area contributed by atoms with Crippen molar-refractivity contribution in [3.8, 4) is 11.5 Å². The SMILES string of the molecule is Cc1ccc2c(c1)cc(COc1cccc(O)c1)n2C(C)C. The molecule has 0 bridgehead atoms. The molecule has 3 heteroatoms. The van der Waals surface area contributed by atoms with Crippen LogP contribution in [0.25, 0.3) is 10.9 Å². The lowest BCUT2D eigenvalue weighted by molar-refractivity contribution is 0.291. The van der Waals surface area contributed by atoms with Gasteiger partial charge in [0.15, 0.2) is 0 Å². The molecule has 0 aliphatic heterocycles. The van der Waals surface area contributed by atoms with Crippen molar-refractivity contribution in [1.29, 1.82) is 0 Å². The number of phenols is 1. The highest BCUT2D eigenvalue weighted by Crippen LogP contribution is 2.26. The van der Waals surface area contributed by atoms with Gasteiger partial charge in [-0.05, 0) is 51.1 Å². The Bertz CT molecular complexity index is 802. The summed E-state index contributed by atoms with van der Waals surface area (Å²) in [6, 6.07) is 16.0. The summed E-state index contributed by atoms with van der Waals surface area (Å²) in [5, 5.41) is 10.8. The number of ether oxygens (including phenoxy) is 1. The van der Waals surface area contributed by atoms with Gasteiger partial charge in [-0.2, -0.15) is 0 Å². The minimum Gasteiger partial charge on any atom is -0.508 e. The predicted octanol–water partition coefficient (Wildman–Crippen LogP) is 4.82. The van der Waals surface area contributed by atoms with Crippen molar-refractivity contribution < 1.29 is 9.84 Å². The van der Waals surface area contributed by atoms with Crippen LogP contribution >= 0.6 is 0 Å². The van der Waals surface area contributed by atoms with E-state index in [1.807, 2.05) is 6.07 Å². The van der Waals surface area contributed by atoms with E-state index in [1.165, 1.54) is 16.5 Å². The zero-order valence-corrected chi connectivity index (χ0v) is 13.2. The van der Waals surface area contributed by atoms with Crippen molar-refractivity contribution in [2.24, 2.45) is 0 Å². The molecule has 2 aromatic carbocycles. The van der Waals surface area contributed by atoms with Gasteiger partial charge in [0.1, 0.15) is 18.1 Å². The number of nitrogens with zero attached hydrogens (tertiary/aromatic N) is 1. The Kier molecular flexibility index (Phi) is 3.80. The predicted molar refractivity (Wildman–Crippen MR) is 89.5 cm³/mol. The van der Waals surface area contributed by atoms with Gasteiger partial charge in [-0.15, -0.1) is 0 Å². The number of aromatic hydroxyl groups is 1. The molecule has 3 nitrogen and oxygen atoms in total. The van der Waals surface area contributed by atoms with Crippen LogP contribution in [0.15, 0.2) is 48.5 Å². The van der Waals surface area contributed by atoms with Gasteiger partial charge in [-0.3, -0.25) is 0 Å². The highest BCUT2D eigenvalue weighted by molar-refractivity contribution is 5.82. The van der Waals surface area contributed by atoms with Crippen LogP contribution in [0.3, 0.4) is 0 Å². The molecule has 1 heterocycles. The fourth-order valence-corrected chi connectivity index (χ4v) is 2.86. The summed E-state index contributed by atoms with van der Waals surface area (Å²) >= 11 is 0. The number of hydrogen-bond acceptors (Lipinski definition) is 2. The molecule has 22 heavy (non-hydrogen) atoms. The van der Waals surface area contributed by atoms with E-state index in [1.54, 1.807) is 18.2 Å². The second kappa shape index (κ2) is 5.76. The van der Waals surface area contributed by atoms with E-state index in [4.69, 9.17) is 4.74 Å². The zero-order chi connectivity index (χ0) is 15.7. The second-order valence-electron chi connectivity index (χ2n) is 5.95. The normalized spacial score (nSPS) is 11.3. The topological polar surface area (TPSA) is 34.4 Å². The van der Waals surface area contributed by atoms with E-state index < -0.39 is 0 Å². The number of aromatic nitrogens is 1. The number of fused-ring (bicyclic) bond motifs is 1. The van der Waals surface area contributed by atoms with Crippen LogP contribution in [0.5, 0.6) is 11.5 Å². The molecule has 0 aliphatic carbocycles. The summed E-state index contributed by atoms with van der Waals surface area (Å²) in [6.45, 7) is 6.94. The maximum Gasteiger partial charge on any atom is 0.128 e.